The molecule has 2 aromatic rings. The summed E-state index contributed by atoms with van der Waals surface area (Å²) in [6, 6.07) is 7.21. The highest BCUT2D eigenvalue weighted by molar-refractivity contribution is 5.98. The summed E-state index contributed by atoms with van der Waals surface area (Å²) in [7, 11) is 0. The Morgan fingerprint density at radius 1 is 1.43 bits per heavy atom. The molecule has 0 spiro atoms. The smallest absolute Gasteiger partial charge is 0.255 e. The third kappa shape index (κ3) is 2.97. The van der Waals surface area contributed by atoms with E-state index in [0.29, 0.717) is 5.56 Å². The zero-order chi connectivity index (χ0) is 16.4. The summed E-state index contributed by atoms with van der Waals surface area (Å²) in [4.78, 5) is 24.4. The molecule has 23 heavy (non-hydrogen) atoms. The predicted octanol–water partition coefficient (Wildman–Crippen LogP) is 2.41. The summed E-state index contributed by atoms with van der Waals surface area (Å²) < 4.78 is 1.83. The standard InChI is InChI=1S/C17H20N4O2/c1-3-8-21-11(2)13(10-18-21)17(23)20-15-9-16(22)19-14-7-5-4-6-12(14)15/h4-7,10,15H,3,8-9H2,1-2H3,(H,19,22)(H,20,23). The van der Waals surface area contributed by atoms with Crippen LogP contribution in [0.1, 0.15) is 47.4 Å². The van der Waals surface area contributed by atoms with Crippen molar-refractivity contribution >= 4 is 17.5 Å². The van der Waals surface area contributed by atoms with Crippen molar-refractivity contribution in [3.63, 3.8) is 0 Å². The second-order valence-corrected chi connectivity index (χ2v) is 5.73. The van der Waals surface area contributed by atoms with Crippen LogP contribution in [0, 0.1) is 6.92 Å². The fourth-order valence-corrected chi connectivity index (χ4v) is 2.88. The Morgan fingerprint density at radius 3 is 3.00 bits per heavy atom. The van der Waals surface area contributed by atoms with Crippen LogP contribution >= 0.6 is 0 Å². The number of anilines is 1. The van der Waals surface area contributed by atoms with Gasteiger partial charge in [-0.1, -0.05) is 25.1 Å². The minimum atomic E-state index is -0.318. The normalized spacial score (nSPS) is 16.6. The first-order valence-corrected chi connectivity index (χ1v) is 7.82. The summed E-state index contributed by atoms with van der Waals surface area (Å²) in [6.07, 6.45) is 2.79. The lowest BCUT2D eigenvalue weighted by atomic mass is 9.97. The number of hydrogen-bond acceptors (Lipinski definition) is 3. The molecule has 1 aliphatic rings. The van der Waals surface area contributed by atoms with Crippen LogP contribution in [0.3, 0.4) is 0 Å². The second-order valence-electron chi connectivity index (χ2n) is 5.73. The Bertz CT molecular complexity index is 751. The molecule has 1 unspecified atom stereocenters. The molecule has 1 aliphatic heterocycles. The molecule has 120 valence electrons. The first-order chi connectivity index (χ1) is 11.1. The molecule has 6 heteroatoms. The van der Waals surface area contributed by atoms with E-state index in [1.807, 2.05) is 35.9 Å². The quantitative estimate of drug-likeness (QED) is 0.910. The lowest BCUT2D eigenvalue weighted by molar-refractivity contribution is -0.116. The molecule has 0 saturated carbocycles. The molecule has 1 atom stereocenters. The van der Waals surface area contributed by atoms with Crippen LogP contribution in [0.15, 0.2) is 30.5 Å². The van der Waals surface area contributed by atoms with Crippen molar-refractivity contribution in [3.8, 4) is 0 Å². The van der Waals surface area contributed by atoms with Gasteiger partial charge in [-0.2, -0.15) is 5.10 Å². The van der Waals surface area contributed by atoms with Crippen LogP contribution in [0.2, 0.25) is 0 Å². The Morgan fingerprint density at radius 2 is 2.22 bits per heavy atom. The number of aryl methyl sites for hydroxylation is 1. The minimum absolute atomic E-state index is 0.0904. The molecule has 0 radical (unpaired) electrons. The Balaban J connectivity index is 1.82. The van der Waals surface area contributed by atoms with Gasteiger partial charge < -0.3 is 10.6 Å². The maximum absolute atomic E-state index is 12.6. The van der Waals surface area contributed by atoms with Crippen LogP contribution in [0.5, 0.6) is 0 Å². The number of hydrogen-bond donors (Lipinski definition) is 2. The number of fused-ring (bicyclic) bond motifs is 1. The van der Waals surface area contributed by atoms with Crippen LogP contribution in [0.4, 0.5) is 5.69 Å². The van der Waals surface area contributed by atoms with Crippen molar-refractivity contribution < 1.29 is 9.59 Å². The van der Waals surface area contributed by atoms with Crippen LogP contribution in [0.25, 0.3) is 0 Å². The second kappa shape index (κ2) is 6.24. The third-order valence-corrected chi connectivity index (χ3v) is 4.09. The predicted molar refractivity (Wildman–Crippen MR) is 87.2 cm³/mol. The van der Waals surface area contributed by atoms with Crippen LogP contribution in [-0.2, 0) is 11.3 Å². The maximum Gasteiger partial charge on any atom is 0.255 e. The number of carbonyl (C=O) groups is 2. The molecular weight excluding hydrogens is 292 g/mol. The van der Waals surface area contributed by atoms with Crippen molar-refractivity contribution in [2.24, 2.45) is 0 Å². The van der Waals surface area contributed by atoms with E-state index in [0.717, 1.165) is 29.9 Å². The molecule has 1 aromatic carbocycles. The van der Waals surface area contributed by atoms with Gasteiger partial charge in [0.1, 0.15) is 0 Å². The number of amides is 2. The number of nitrogens with one attached hydrogen (secondary N) is 2. The maximum atomic E-state index is 12.6. The van der Waals surface area contributed by atoms with Gasteiger partial charge in [0.25, 0.3) is 5.91 Å². The largest absolute Gasteiger partial charge is 0.345 e. The molecule has 0 bridgehead atoms. The fourth-order valence-electron chi connectivity index (χ4n) is 2.88. The molecule has 6 nitrogen and oxygen atoms in total. The van der Waals surface area contributed by atoms with Gasteiger partial charge in [0.2, 0.25) is 5.91 Å². The Kier molecular flexibility index (Phi) is 4.14. The summed E-state index contributed by atoms with van der Waals surface area (Å²) >= 11 is 0. The summed E-state index contributed by atoms with van der Waals surface area (Å²) in [6.45, 7) is 4.74. The van der Waals surface area contributed by atoms with Crippen LogP contribution < -0.4 is 10.6 Å². The monoisotopic (exact) mass is 312 g/mol. The van der Waals surface area contributed by atoms with Crippen molar-refractivity contribution in [1.29, 1.82) is 0 Å². The first kappa shape index (κ1) is 15.3. The molecule has 3 rings (SSSR count). The zero-order valence-electron chi connectivity index (χ0n) is 13.3. The Hall–Kier alpha value is -2.63. The molecule has 0 aliphatic carbocycles. The fraction of sp³-hybridized carbons (Fsp3) is 0.353. The van der Waals surface area contributed by atoms with E-state index >= 15 is 0 Å². The van der Waals surface area contributed by atoms with Crippen LogP contribution in [-0.4, -0.2) is 21.6 Å². The van der Waals surface area contributed by atoms with Gasteiger partial charge >= 0.3 is 0 Å². The van der Waals surface area contributed by atoms with E-state index < -0.39 is 0 Å². The average Bonchev–Trinajstić information content (AvgIpc) is 2.89. The molecule has 2 N–H and O–H groups in total. The van der Waals surface area contributed by atoms with E-state index in [1.54, 1.807) is 6.20 Å². The van der Waals surface area contributed by atoms with Crippen molar-refractivity contribution in [1.82, 2.24) is 15.1 Å². The molecule has 2 heterocycles. The van der Waals surface area contributed by atoms with Gasteiger partial charge in [0.15, 0.2) is 0 Å². The van der Waals surface area contributed by atoms with Crippen molar-refractivity contribution in [2.75, 3.05) is 5.32 Å². The number of rotatable bonds is 4. The SMILES string of the molecule is CCCn1ncc(C(=O)NC2CC(=O)Nc3ccccc32)c1C. The van der Waals surface area contributed by atoms with Gasteiger partial charge in [-0.25, -0.2) is 0 Å². The van der Waals surface area contributed by atoms with Gasteiger partial charge in [-0.05, 0) is 25.0 Å². The lowest BCUT2D eigenvalue weighted by Crippen LogP contribution is -2.35. The van der Waals surface area contributed by atoms with Crippen molar-refractivity contribution in [2.45, 2.75) is 39.3 Å². The highest BCUT2D eigenvalue weighted by Crippen LogP contribution is 2.30. The number of aromatic nitrogens is 2. The summed E-state index contributed by atoms with van der Waals surface area (Å²) in [5.74, 6) is -0.285. The van der Waals surface area contributed by atoms with E-state index in [4.69, 9.17) is 0 Å². The summed E-state index contributed by atoms with van der Waals surface area (Å²) in [5, 5.41) is 10.0. The Labute approximate surface area is 134 Å². The van der Waals surface area contributed by atoms with Gasteiger partial charge in [0, 0.05) is 17.9 Å². The van der Waals surface area contributed by atoms with Gasteiger partial charge in [-0.15, -0.1) is 0 Å². The van der Waals surface area contributed by atoms with E-state index in [-0.39, 0.29) is 24.3 Å². The van der Waals surface area contributed by atoms with E-state index in [1.165, 1.54) is 0 Å². The minimum Gasteiger partial charge on any atom is -0.345 e. The average molecular weight is 312 g/mol. The van der Waals surface area contributed by atoms with Crippen molar-refractivity contribution in [3.05, 3.63) is 47.3 Å². The molecule has 0 saturated heterocycles. The molecule has 1 aromatic heterocycles. The number of para-hydroxylation sites is 1. The highest BCUT2D eigenvalue weighted by Gasteiger charge is 2.27. The third-order valence-electron chi connectivity index (χ3n) is 4.09. The zero-order valence-corrected chi connectivity index (χ0v) is 13.3. The molecular formula is C17H20N4O2. The number of nitrogens with zero attached hydrogens (tertiary/aromatic N) is 2. The number of benzene rings is 1. The van der Waals surface area contributed by atoms with Gasteiger partial charge in [-0.3, -0.25) is 14.3 Å². The van der Waals surface area contributed by atoms with E-state index in [9.17, 15) is 9.59 Å². The van der Waals surface area contributed by atoms with Gasteiger partial charge in [0.05, 0.1) is 24.2 Å². The summed E-state index contributed by atoms with van der Waals surface area (Å²) in [5.41, 5.74) is 3.09. The van der Waals surface area contributed by atoms with E-state index in [2.05, 4.69) is 22.7 Å². The topological polar surface area (TPSA) is 76.0 Å². The highest BCUT2D eigenvalue weighted by atomic mass is 16.2. The molecule has 2 amide bonds. The first-order valence-electron chi connectivity index (χ1n) is 7.82. The molecule has 0 fully saturated rings. The number of carbonyl (C=O) groups excluding carboxylic acids is 2. The lowest BCUT2D eigenvalue weighted by Gasteiger charge is -2.26.